The minimum Gasteiger partial charge on any atom is -0.423 e. The van der Waals surface area contributed by atoms with Crippen molar-refractivity contribution in [3.8, 4) is 0 Å². The van der Waals surface area contributed by atoms with Crippen LogP contribution >= 0.6 is 0 Å². The van der Waals surface area contributed by atoms with Gasteiger partial charge in [-0.2, -0.15) is 0 Å². The van der Waals surface area contributed by atoms with Crippen LogP contribution in [0.15, 0.2) is 29.3 Å². The smallest absolute Gasteiger partial charge is 0.423 e. The molecular formula is C7H8BNO2. The predicted octanol–water partition coefficient (Wildman–Crippen LogP) is -0.301. The van der Waals surface area contributed by atoms with Crippen molar-refractivity contribution in [1.29, 1.82) is 0 Å². The highest BCUT2D eigenvalue weighted by Gasteiger charge is 2.09. The van der Waals surface area contributed by atoms with Gasteiger partial charge >= 0.3 is 7.12 Å². The van der Waals surface area contributed by atoms with Gasteiger partial charge in [-0.3, -0.25) is 4.99 Å². The zero-order valence-electron chi connectivity index (χ0n) is 5.94. The van der Waals surface area contributed by atoms with Crippen molar-refractivity contribution in [1.82, 2.24) is 0 Å². The fourth-order valence-corrected chi connectivity index (χ4v) is 0.784. The van der Waals surface area contributed by atoms with E-state index < -0.39 is 7.12 Å². The van der Waals surface area contributed by atoms with E-state index in [0.29, 0.717) is 11.2 Å². The molecule has 1 aromatic carbocycles. The Hall–Kier alpha value is -1.13. The molecule has 0 heterocycles. The summed E-state index contributed by atoms with van der Waals surface area (Å²) in [5.41, 5.74) is 1.06. The van der Waals surface area contributed by atoms with Crippen LogP contribution in [0.3, 0.4) is 0 Å². The van der Waals surface area contributed by atoms with Gasteiger partial charge in [0.1, 0.15) is 0 Å². The third-order valence-electron chi connectivity index (χ3n) is 1.35. The number of rotatable bonds is 2. The molecule has 3 nitrogen and oxygen atoms in total. The van der Waals surface area contributed by atoms with Crippen LogP contribution in [0.5, 0.6) is 0 Å². The van der Waals surface area contributed by atoms with Crippen LogP contribution in [-0.2, 0) is 0 Å². The second kappa shape index (κ2) is 3.32. The van der Waals surface area contributed by atoms with Crippen LogP contribution in [0.2, 0.25) is 0 Å². The lowest BCUT2D eigenvalue weighted by Crippen LogP contribution is -2.29. The first-order valence-corrected chi connectivity index (χ1v) is 3.17. The van der Waals surface area contributed by atoms with Gasteiger partial charge in [-0.05, 0) is 24.3 Å². The molecule has 0 amide bonds. The molecule has 0 bridgehead atoms. The standard InChI is InChI=1S/C7H8BNO2/c1-9-7-4-2-3-6(5-7)8(10)11/h2-5,10-11H,1H2. The highest BCUT2D eigenvalue weighted by molar-refractivity contribution is 6.58. The molecule has 0 spiro atoms. The molecule has 2 N–H and O–H groups in total. The number of hydrogen-bond acceptors (Lipinski definition) is 3. The quantitative estimate of drug-likeness (QED) is 0.447. The van der Waals surface area contributed by atoms with Crippen LogP contribution in [-0.4, -0.2) is 23.9 Å². The summed E-state index contributed by atoms with van der Waals surface area (Å²) < 4.78 is 0. The van der Waals surface area contributed by atoms with E-state index in [2.05, 4.69) is 11.7 Å². The van der Waals surface area contributed by atoms with Crippen molar-refractivity contribution in [3.63, 3.8) is 0 Å². The van der Waals surface area contributed by atoms with Gasteiger partial charge in [0, 0.05) is 0 Å². The topological polar surface area (TPSA) is 52.8 Å². The Kier molecular flexibility index (Phi) is 2.41. The van der Waals surface area contributed by atoms with E-state index in [1.807, 2.05) is 0 Å². The summed E-state index contributed by atoms with van der Waals surface area (Å²) in [6, 6.07) is 6.61. The fraction of sp³-hybridized carbons (Fsp3) is 0. The summed E-state index contributed by atoms with van der Waals surface area (Å²) in [7, 11) is -1.43. The minimum atomic E-state index is -1.43. The van der Waals surface area contributed by atoms with Crippen molar-refractivity contribution < 1.29 is 10.0 Å². The summed E-state index contributed by atoms with van der Waals surface area (Å²) in [6.07, 6.45) is 0. The van der Waals surface area contributed by atoms with E-state index in [9.17, 15) is 0 Å². The summed E-state index contributed by atoms with van der Waals surface area (Å²) in [5.74, 6) is 0. The van der Waals surface area contributed by atoms with Gasteiger partial charge in [0.05, 0.1) is 5.69 Å². The summed E-state index contributed by atoms with van der Waals surface area (Å²) in [6.45, 7) is 3.32. The molecular weight excluding hydrogens is 141 g/mol. The molecule has 0 unspecified atom stereocenters. The summed E-state index contributed by atoms with van der Waals surface area (Å²) in [4.78, 5) is 3.64. The molecule has 0 aliphatic carbocycles. The third-order valence-corrected chi connectivity index (χ3v) is 1.35. The van der Waals surface area contributed by atoms with Gasteiger partial charge in [0.2, 0.25) is 0 Å². The molecule has 0 aromatic heterocycles. The Morgan fingerprint density at radius 1 is 1.36 bits per heavy atom. The van der Waals surface area contributed by atoms with E-state index in [4.69, 9.17) is 10.0 Å². The number of aliphatic imine (C=N–C) groups is 1. The molecule has 4 heteroatoms. The first-order chi connectivity index (χ1) is 5.24. The van der Waals surface area contributed by atoms with Crippen molar-refractivity contribution in [2.75, 3.05) is 0 Å². The SMILES string of the molecule is C=Nc1cccc(B(O)O)c1. The van der Waals surface area contributed by atoms with Gasteiger partial charge < -0.3 is 10.0 Å². The molecule has 0 radical (unpaired) electrons. The normalized spacial score (nSPS) is 9.27. The summed E-state index contributed by atoms with van der Waals surface area (Å²) >= 11 is 0. The minimum absolute atomic E-state index is 0.426. The first kappa shape index (κ1) is 7.98. The fourth-order valence-electron chi connectivity index (χ4n) is 0.784. The van der Waals surface area contributed by atoms with Crippen molar-refractivity contribution >= 4 is 25.0 Å². The van der Waals surface area contributed by atoms with Crippen LogP contribution < -0.4 is 5.46 Å². The lowest BCUT2D eigenvalue weighted by Gasteiger charge is -1.98. The zero-order valence-corrected chi connectivity index (χ0v) is 5.94. The van der Waals surface area contributed by atoms with Gasteiger partial charge in [-0.1, -0.05) is 12.1 Å². The van der Waals surface area contributed by atoms with Crippen LogP contribution in [0.25, 0.3) is 0 Å². The molecule has 0 atom stereocenters. The highest BCUT2D eigenvalue weighted by Crippen LogP contribution is 2.06. The van der Waals surface area contributed by atoms with Crippen molar-refractivity contribution in [2.24, 2.45) is 4.99 Å². The van der Waals surface area contributed by atoms with Gasteiger partial charge in [-0.25, -0.2) is 0 Å². The molecule has 0 saturated carbocycles. The Morgan fingerprint density at radius 3 is 2.64 bits per heavy atom. The molecule has 0 saturated heterocycles. The molecule has 0 fully saturated rings. The summed E-state index contributed by atoms with van der Waals surface area (Å²) in [5, 5.41) is 17.5. The van der Waals surface area contributed by atoms with Gasteiger partial charge in [0.25, 0.3) is 0 Å². The number of hydrogen-bond donors (Lipinski definition) is 2. The highest BCUT2D eigenvalue weighted by atomic mass is 16.4. The van der Waals surface area contributed by atoms with E-state index in [1.54, 1.807) is 24.3 Å². The maximum Gasteiger partial charge on any atom is 0.488 e. The lowest BCUT2D eigenvalue weighted by molar-refractivity contribution is 0.426. The van der Waals surface area contributed by atoms with Crippen molar-refractivity contribution in [2.45, 2.75) is 0 Å². The second-order valence-electron chi connectivity index (χ2n) is 2.13. The average Bonchev–Trinajstić information content (AvgIpc) is 2.05. The molecule has 1 aromatic rings. The molecule has 56 valence electrons. The van der Waals surface area contributed by atoms with Gasteiger partial charge in [0.15, 0.2) is 0 Å². The lowest BCUT2D eigenvalue weighted by atomic mass is 9.80. The van der Waals surface area contributed by atoms with E-state index in [-0.39, 0.29) is 0 Å². The molecule has 11 heavy (non-hydrogen) atoms. The monoisotopic (exact) mass is 149 g/mol. The van der Waals surface area contributed by atoms with E-state index >= 15 is 0 Å². The third kappa shape index (κ3) is 1.90. The Balaban J connectivity index is 3.00. The zero-order chi connectivity index (χ0) is 8.27. The average molecular weight is 149 g/mol. The van der Waals surface area contributed by atoms with E-state index in [0.717, 1.165) is 0 Å². The molecule has 0 aliphatic heterocycles. The van der Waals surface area contributed by atoms with Crippen LogP contribution in [0, 0.1) is 0 Å². The number of nitrogens with zero attached hydrogens (tertiary/aromatic N) is 1. The second-order valence-corrected chi connectivity index (χ2v) is 2.13. The molecule has 1 rings (SSSR count). The Labute approximate surface area is 65.2 Å². The van der Waals surface area contributed by atoms with Crippen LogP contribution in [0.1, 0.15) is 0 Å². The van der Waals surface area contributed by atoms with Gasteiger partial charge in [-0.15, -0.1) is 0 Å². The number of benzene rings is 1. The largest absolute Gasteiger partial charge is 0.488 e. The maximum atomic E-state index is 8.74. The van der Waals surface area contributed by atoms with Crippen molar-refractivity contribution in [3.05, 3.63) is 24.3 Å². The maximum absolute atomic E-state index is 8.74. The van der Waals surface area contributed by atoms with Crippen LogP contribution in [0.4, 0.5) is 5.69 Å². The Bertz CT molecular complexity index is 262. The van der Waals surface area contributed by atoms with E-state index in [1.165, 1.54) is 0 Å². The first-order valence-electron chi connectivity index (χ1n) is 3.17. The predicted molar refractivity (Wildman–Crippen MR) is 45.5 cm³/mol. The molecule has 0 aliphatic rings. The Morgan fingerprint density at radius 2 is 2.09 bits per heavy atom.